The minimum absolute atomic E-state index is 0.00597. The van der Waals surface area contributed by atoms with Gasteiger partial charge in [0, 0.05) is 24.5 Å². The minimum atomic E-state index is -0.119. The fourth-order valence-electron chi connectivity index (χ4n) is 2.40. The van der Waals surface area contributed by atoms with Crippen LogP contribution in [0.1, 0.15) is 23.3 Å². The number of aromatic amines is 1. The van der Waals surface area contributed by atoms with Crippen molar-refractivity contribution in [2.45, 2.75) is 19.5 Å². The van der Waals surface area contributed by atoms with Crippen LogP contribution in [-0.4, -0.2) is 39.6 Å². The average molecular weight is 292 g/mol. The lowest BCUT2D eigenvalue weighted by Crippen LogP contribution is -2.40. The number of hydrogen-bond donors (Lipinski definition) is 1. The standard InChI is InChI=1S/C13H16N4O2S/c1-9-15-11(4-13(18)16-9)12-6-19-3-2-17(12)5-10-7-20-8-14-10/h4,7-8,12H,2-3,5-6H2,1H3,(H,15,16,18)/t12-/m0/s1. The second-order valence-electron chi connectivity index (χ2n) is 4.80. The Labute approximate surface area is 120 Å². The Kier molecular flexibility index (Phi) is 3.90. The fraction of sp³-hybridized carbons (Fsp3) is 0.462. The molecule has 1 aliphatic rings. The summed E-state index contributed by atoms with van der Waals surface area (Å²) < 4.78 is 5.55. The Bertz CT molecular complexity index is 626. The maximum absolute atomic E-state index is 11.6. The van der Waals surface area contributed by atoms with Crippen LogP contribution in [0.25, 0.3) is 0 Å². The third kappa shape index (κ3) is 2.95. The first-order chi connectivity index (χ1) is 9.72. The Morgan fingerprint density at radius 2 is 2.50 bits per heavy atom. The molecule has 1 atom stereocenters. The lowest BCUT2D eigenvalue weighted by Gasteiger charge is -2.34. The molecule has 0 radical (unpaired) electrons. The van der Waals surface area contributed by atoms with Gasteiger partial charge in [-0.1, -0.05) is 0 Å². The molecule has 0 saturated carbocycles. The zero-order chi connectivity index (χ0) is 13.9. The molecular weight excluding hydrogens is 276 g/mol. The van der Waals surface area contributed by atoms with E-state index in [0.717, 1.165) is 24.5 Å². The first kappa shape index (κ1) is 13.4. The van der Waals surface area contributed by atoms with Crippen molar-refractivity contribution in [1.29, 1.82) is 0 Å². The molecule has 1 fully saturated rings. The number of aromatic nitrogens is 3. The summed E-state index contributed by atoms with van der Waals surface area (Å²) in [6.07, 6.45) is 0. The zero-order valence-electron chi connectivity index (χ0n) is 11.2. The predicted octanol–water partition coefficient (Wildman–Crippen LogP) is 1.11. The van der Waals surface area contributed by atoms with Crippen molar-refractivity contribution in [3.05, 3.63) is 44.5 Å². The van der Waals surface area contributed by atoms with Crippen molar-refractivity contribution in [2.75, 3.05) is 19.8 Å². The molecule has 0 spiro atoms. The summed E-state index contributed by atoms with van der Waals surface area (Å²) in [5.41, 5.74) is 3.52. The third-order valence-electron chi connectivity index (χ3n) is 3.31. The highest BCUT2D eigenvalue weighted by Gasteiger charge is 2.26. The lowest BCUT2D eigenvalue weighted by atomic mass is 10.1. The quantitative estimate of drug-likeness (QED) is 0.917. The van der Waals surface area contributed by atoms with Crippen molar-refractivity contribution >= 4 is 11.3 Å². The van der Waals surface area contributed by atoms with Gasteiger partial charge in [0.2, 0.25) is 0 Å². The highest BCUT2D eigenvalue weighted by Crippen LogP contribution is 2.23. The van der Waals surface area contributed by atoms with Gasteiger partial charge >= 0.3 is 0 Å². The molecule has 1 N–H and O–H groups in total. The maximum Gasteiger partial charge on any atom is 0.251 e. The van der Waals surface area contributed by atoms with E-state index in [2.05, 4.69) is 19.9 Å². The molecule has 3 rings (SSSR count). The van der Waals surface area contributed by atoms with Crippen LogP contribution in [0.2, 0.25) is 0 Å². The summed E-state index contributed by atoms with van der Waals surface area (Å²) in [4.78, 5) is 25.3. The Morgan fingerprint density at radius 1 is 1.60 bits per heavy atom. The monoisotopic (exact) mass is 292 g/mol. The number of nitrogens with zero attached hydrogens (tertiary/aromatic N) is 3. The van der Waals surface area contributed by atoms with Crippen LogP contribution >= 0.6 is 11.3 Å². The topological polar surface area (TPSA) is 71.1 Å². The van der Waals surface area contributed by atoms with Crippen LogP contribution in [0.3, 0.4) is 0 Å². The van der Waals surface area contributed by atoms with Gasteiger partial charge in [-0.3, -0.25) is 9.69 Å². The van der Waals surface area contributed by atoms with Gasteiger partial charge in [0.25, 0.3) is 5.56 Å². The van der Waals surface area contributed by atoms with E-state index < -0.39 is 0 Å². The zero-order valence-corrected chi connectivity index (χ0v) is 12.0. The molecule has 3 heterocycles. The first-order valence-corrected chi connectivity index (χ1v) is 7.43. The van der Waals surface area contributed by atoms with Gasteiger partial charge in [-0.05, 0) is 6.92 Å². The van der Waals surface area contributed by atoms with Gasteiger partial charge < -0.3 is 9.72 Å². The Morgan fingerprint density at radius 3 is 3.25 bits per heavy atom. The molecule has 0 aliphatic carbocycles. The molecule has 0 amide bonds. The molecule has 106 valence electrons. The van der Waals surface area contributed by atoms with Crippen LogP contribution in [0.5, 0.6) is 0 Å². The smallest absolute Gasteiger partial charge is 0.251 e. The number of aryl methyl sites for hydroxylation is 1. The van der Waals surface area contributed by atoms with Crippen LogP contribution in [-0.2, 0) is 11.3 Å². The number of hydrogen-bond acceptors (Lipinski definition) is 6. The van der Waals surface area contributed by atoms with E-state index in [4.69, 9.17) is 4.74 Å². The van der Waals surface area contributed by atoms with Crippen molar-refractivity contribution in [1.82, 2.24) is 19.9 Å². The molecule has 2 aromatic rings. The molecule has 1 aliphatic heterocycles. The largest absolute Gasteiger partial charge is 0.378 e. The van der Waals surface area contributed by atoms with E-state index in [1.165, 1.54) is 0 Å². The van der Waals surface area contributed by atoms with Crippen molar-refractivity contribution in [3.8, 4) is 0 Å². The Hall–Kier alpha value is -1.57. The fourth-order valence-corrected chi connectivity index (χ4v) is 2.95. The second-order valence-corrected chi connectivity index (χ2v) is 5.52. The summed E-state index contributed by atoms with van der Waals surface area (Å²) in [6.45, 7) is 4.61. The van der Waals surface area contributed by atoms with E-state index >= 15 is 0 Å². The second kappa shape index (κ2) is 5.82. The van der Waals surface area contributed by atoms with Crippen molar-refractivity contribution in [3.63, 3.8) is 0 Å². The number of morpholine rings is 1. The van der Waals surface area contributed by atoms with Crippen LogP contribution in [0, 0.1) is 6.92 Å². The molecule has 1 saturated heterocycles. The van der Waals surface area contributed by atoms with E-state index in [9.17, 15) is 4.79 Å². The summed E-state index contributed by atoms with van der Waals surface area (Å²) >= 11 is 1.59. The van der Waals surface area contributed by atoms with E-state index in [1.807, 2.05) is 10.9 Å². The minimum Gasteiger partial charge on any atom is -0.378 e. The molecule has 0 unspecified atom stereocenters. The highest BCUT2D eigenvalue weighted by atomic mass is 32.1. The van der Waals surface area contributed by atoms with E-state index in [-0.39, 0.29) is 11.6 Å². The van der Waals surface area contributed by atoms with Gasteiger partial charge in [-0.2, -0.15) is 0 Å². The van der Waals surface area contributed by atoms with Gasteiger partial charge in [0.15, 0.2) is 0 Å². The van der Waals surface area contributed by atoms with Gasteiger partial charge in [0.05, 0.1) is 36.2 Å². The maximum atomic E-state index is 11.6. The SMILES string of the molecule is Cc1nc([C@@H]2COCCN2Cc2cscn2)cc(=O)[nH]1. The summed E-state index contributed by atoms with van der Waals surface area (Å²) in [5.74, 6) is 0.631. The molecule has 6 nitrogen and oxygen atoms in total. The van der Waals surface area contributed by atoms with Crippen LogP contribution in [0.4, 0.5) is 0 Å². The molecule has 0 bridgehead atoms. The molecule has 2 aromatic heterocycles. The third-order valence-corrected chi connectivity index (χ3v) is 3.94. The van der Waals surface area contributed by atoms with Crippen LogP contribution in [0.15, 0.2) is 21.8 Å². The molecular formula is C13H16N4O2S. The molecule has 7 heteroatoms. The average Bonchev–Trinajstić information content (AvgIpc) is 2.91. The lowest BCUT2D eigenvalue weighted by molar-refractivity contribution is -0.0148. The predicted molar refractivity (Wildman–Crippen MR) is 75.7 cm³/mol. The first-order valence-electron chi connectivity index (χ1n) is 6.49. The molecule has 0 aromatic carbocycles. The van der Waals surface area contributed by atoms with Crippen LogP contribution < -0.4 is 5.56 Å². The van der Waals surface area contributed by atoms with Gasteiger partial charge in [-0.25, -0.2) is 9.97 Å². The number of nitrogens with one attached hydrogen (secondary N) is 1. The summed E-state index contributed by atoms with van der Waals surface area (Å²) in [5, 5.41) is 2.04. The number of thiazole rings is 1. The number of rotatable bonds is 3. The van der Waals surface area contributed by atoms with E-state index in [1.54, 1.807) is 24.3 Å². The van der Waals surface area contributed by atoms with Crippen molar-refractivity contribution < 1.29 is 4.74 Å². The van der Waals surface area contributed by atoms with E-state index in [0.29, 0.717) is 19.0 Å². The number of H-pyrrole nitrogens is 1. The normalized spacial score (nSPS) is 20.1. The van der Waals surface area contributed by atoms with Crippen molar-refractivity contribution in [2.24, 2.45) is 0 Å². The van der Waals surface area contributed by atoms with Gasteiger partial charge in [-0.15, -0.1) is 11.3 Å². The highest BCUT2D eigenvalue weighted by molar-refractivity contribution is 7.07. The molecule has 20 heavy (non-hydrogen) atoms. The summed E-state index contributed by atoms with van der Waals surface area (Å²) in [6, 6.07) is 1.56. The number of ether oxygens (including phenoxy) is 1. The summed E-state index contributed by atoms with van der Waals surface area (Å²) in [7, 11) is 0. The Balaban J connectivity index is 1.86. The van der Waals surface area contributed by atoms with Gasteiger partial charge in [0.1, 0.15) is 5.82 Å².